The third-order valence-corrected chi connectivity index (χ3v) is 6.18. The number of sulfonamides is 1. The van der Waals surface area contributed by atoms with Gasteiger partial charge in [-0.2, -0.15) is 13.2 Å². The van der Waals surface area contributed by atoms with E-state index in [-0.39, 0.29) is 16.1 Å². The van der Waals surface area contributed by atoms with Crippen molar-refractivity contribution in [1.29, 1.82) is 0 Å². The van der Waals surface area contributed by atoms with E-state index in [4.69, 9.17) is 16.4 Å². The highest BCUT2D eigenvalue weighted by Crippen LogP contribution is 2.36. The van der Waals surface area contributed by atoms with Crippen molar-refractivity contribution in [3.63, 3.8) is 0 Å². The smallest absolute Gasteiger partial charge is 0.385 e. The van der Waals surface area contributed by atoms with E-state index in [1.807, 2.05) is 0 Å². The molecule has 0 saturated carbocycles. The van der Waals surface area contributed by atoms with E-state index in [9.17, 15) is 26.4 Å². The lowest BCUT2D eigenvalue weighted by molar-refractivity contribution is -0.137. The molecule has 0 unspecified atom stereocenters. The standard InChI is InChI=1S/C17H15ClF3N5O4S/c1-25(2)31(28,29)11-4-6-14-15(8-11)26(24-23-14)30-9-16(27)22-10-3-5-13(18)12(7-10)17(19,20)21/h3-8H,9H2,1-2H3,(H,22,27). The lowest BCUT2D eigenvalue weighted by atomic mass is 10.2. The average molecular weight is 478 g/mol. The lowest BCUT2D eigenvalue weighted by Crippen LogP contribution is -2.26. The van der Waals surface area contributed by atoms with Crippen LogP contribution < -0.4 is 10.2 Å². The predicted octanol–water partition coefficient (Wildman–Crippen LogP) is 2.42. The van der Waals surface area contributed by atoms with Crippen LogP contribution in [-0.4, -0.2) is 54.5 Å². The van der Waals surface area contributed by atoms with E-state index in [1.54, 1.807) is 0 Å². The molecule has 1 heterocycles. The van der Waals surface area contributed by atoms with Gasteiger partial charge in [0.2, 0.25) is 10.0 Å². The van der Waals surface area contributed by atoms with E-state index >= 15 is 0 Å². The average Bonchev–Trinajstić information content (AvgIpc) is 3.09. The van der Waals surface area contributed by atoms with Crippen LogP contribution in [0.1, 0.15) is 5.56 Å². The zero-order chi connectivity index (χ0) is 23.0. The third-order valence-electron chi connectivity index (χ3n) is 4.04. The highest BCUT2D eigenvalue weighted by atomic mass is 35.5. The van der Waals surface area contributed by atoms with Gasteiger partial charge in [-0.1, -0.05) is 16.4 Å². The number of benzene rings is 2. The molecule has 0 aliphatic heterocycles. The van der Waals surface area contributed by atoms with E-state index in [0.29, 0.717) is 11.6 Å². The van der Waals surface area contributed by atoms with Crippen molar-refractivity contribution in [2.45, 2.75) is 11.1 Å². The highest BCUT2D eigenvalue weighted by molar-refractivity contribution is 7.89. The van der Waals surface area contributed by atoms with Crippen molar-refractivity contribution in [1.82, 2.24) is 19.5 Å². The molecule has 0 aliphatic carbocycles. The number of anilines is 1. The number of hydrogen-bond acceptors (Lipinski definition) is 6. The van der Waals surface area contributed by atoms with E-state index in [1.165, 1.54) is 38.4 Å². The number of hydrogen-bond donors (Lipinski definition) is 1. The quantitative estimate of drug-likeness (QED) is 0.584. The number of alkyl halides is 3. The fraction of sp³-hybridized carbons (Fsp3) is 0.235. The van der Waals surface area contributed by atoms with Crippen LogP contribution in [0.15, 0.2) is 41.3 Å². The van der Waals surface area contributed by atoms with Gasteiger partial charge >= 0.3 is 6.18 Å². The van der Waals surface area contributed by atoms with Crippen LogP contribution in [0.2, 0.25) is 5.02 Å². The van der Waals surface area contributed by atoms with E-state index < -0.39 is 39.3 Å². The Kier molecular flexibility index (Phi) is 6.11. The number of amides is 1. The normalized spacial score (nSPS) is 12.4. The molecular weight excluding hydrogens is 463 g/mol. The minimum atomic E-state index is -4.68. The van der Waals surface area contributed by atoms with Crippen LogP contribution in [0.5, 0.6) is 0 Å². The molecule has 2 aromatic carbocycles. The van der Waals surface area contributed by atoms with Crippen LogP contribution in [-0.2, 0) is 21.0 Å². The summed E-state index contributed by atoms with van der Waals surface area (Å²) in [6.07, 6.45) is -4.68. The number of nitrogens with zero attached hydrogens (tertiary/aromatic N) is 4. The molecule has 0 atom stereocenters. The van der Waals surface area contributed by atoms with Crippen molar-refractivity contribution in [2.24, 2.45) is 0 Å². The second-order valence-electron chi connectivity index (χ2n) is 6.41. The van der Waals surface area contributed by atoms with Gasteiger partial charge < -0.3 is 10.2 Å². The van der Waals surface area contributed by atoms with Crippen LogP contribution >= 0.6 is 11.6 Å². The number of carbonyl (C=O) groups is 1. The highest BCUT2D eigenvalue weighted by Gasteiger charge is 2.33. The Morgan fingerprint density at radius 1 is 1.23 bits per heavy atom. The van der Waals surface area contributed by atoms with Gasteiger partial charge in [0.05, 0.1) is 15.5 Å². The van der Waals surface area contributed by atoms with E-state index in [0.717, 1.165) is 15.2 Å². The lowest BCUT2D eigenvalue weighted by Gasteiger charge is -2.12. The predicted molar refractivity (Wildman–Crippen MR) is 105 cm³/mol. The minimum Gasteiger partial charge on any atom is -0.385 e. The SMILES string of the molecule is CN(C)S(=O)(=O)c1ccc2nnn(OCC(=O)Nc3ccc(Cl)c(C(F)(F)F)c3)c2c1. The fourth-order valence-corrected chi connectivity index (χ4v) is 3.63. The maximum Gasteiger partial charge on any atom is 0.417 e. The summed E-state index contributed by atoms with van der Waals surface area (Å²) in [6.45, 7) is -0.632. The molecule has 166 valence electrons. The van der Waals surface area contributed by atoms with Gasteiger partial charge in [-0.05, 0) is 41.6 Å². The Bertz CT molecular complexity index is 1240. The van der Waals surface area contributed by atoms with Crippen molar-refractivity contribution in [2.75, 3.05) is 26.0 Å². The Morgan fingerprint density at radius 2 is 1.94 bits per heavy atom. The number of nitrogens with one attached hydrogen (secondary N) is 1. The van der Waals surface area contributed by atoms with Gasteiger partial charge in [-0.15, -0.1) is 5.10 Å². The molecule has 3 rings (SSSR count). The van der Waals surface area contributed by atoms with Crippen LogP contribution in [0, 0.1) is 0 Å². The molecule has 0 fully saturated rings. The first-order valence-electron chi connectivity index (χ1n) is 8.47. The van der Waals surface area contributed by atoms with Gasteiger partial charge in [0.25, 0.3) is 5.91 Å². The Hall–Kier alpha value is -2.90. The molecule has 0 saturated heterocycles. The molecule has 1 N–H and O–H groups in total. The summed E-state index contributed by atoms with van der Waals surface area (Å²) < 4.78 is 64.4. The first-order valence-corrected chi connectivity index (χ1v) is 10.3. The monoisotopic (exact) mass is 477 g/mol. The van der Waals surface area contributed by atoms with Crippen molar-refractivity contribution in [3.8, 4) is 0 Å². The first kappa shape index (κ1) is 22.8. The second-order valence-corrected chi connectivity index (χ2v) is 8.97. The minimum absolute atomic E-state index is 0.0394. The molecule has 0 bridgehead atoms. The van der Waals surface area contributed by atoms with Gasteiger partial charge in [-0.25, -0.2) is 12.7 Å². The van der Waals surface area contributed by atoms with Crippen molar-refractivity contribution < 1.29 is 31.2 Å². The molecule has 1 amide bonds. The Morgan fingerprint density at radius 3 is 2.58 bits per heavy atom. The molecule has 1 aromatic heterocycles. The summed E-state index contributed by atoms with van der Waals surface area (Å²) in [6, 6.07) is 6.96. The van der Waals surface area contributed by atoms with Gasteiger partial charge in [0.1, 0.15) is 11.0 Å². The Balaban J connectivity index is 1.75. The fourth-order valence-electron chi connectivity index (χ4n) is 2.48. The summed E-state index contributed by atoms with van der Waals surface area (Å²) in [4.78, 5) is 18.1. The Labute approximate surface area is 179 Å². The van der Waals surface area contributed by atoms with E-state index in [2.05, 4.69) is 15.6 Å². The second kappa shape index (κ2) is 8.32. The first-order chi connectivity index (χ1) is 14.4. The molecule has 31 heavy (non-hydrogen) atoms. The molecule has 0 spiro atoms. The van der Waals surface area contributed by atoms with Gasteiger partial charge in [0, 0.05) is 19.8 Å². The van der Waals surface area contributed by atoms with Crippen molar-refractivity contribution in [3.05, 3.63) is 47.0 Å². The summed E-state index contributed by atoms with van der Waals surface area (Å²) in [5, 5.41) is 9.25. The molecular formula is C17H15ClF3N5O4S. The molecule has 14 heteroatoms. The summed E-state index contributed by atoms with van der Waals surface area (Å²) in [7, 11) is -0.984. The zero-order valence-electron chi connectivity index (χ0n) is 16.0. The number of halogens is 4. The number of fused-ring (bicyclic) bond motifs is 1. The van der Waals surface area contributed by atoms with Crippen LogP contribution in [0.4, 0.5) is 18.9 Å². The van der Waals surface area contributed by atoms with Crippen molar-refractivity contribution >= 4 is 44.3 Å². The van der Waals surface area contributed by atoms with Gasteiger partial charge in [0.15, 0.2) is 6.61 Å². The summed E-state index contributed by atoms with van der Waals surface area (Å²) in [5.74, 6) is -0.781. The van der Waals surface area contributed by atoms with Crippen LogP contribution in [0.3, 0.4) is 0 Å². The third kappa shape index (κ3) is 4.89. The summed E-state index contributed by atoms with van der Waals surface area (Å²) in [5.41, 5.74) is -0.731. The largest absolute Gasteiger partial charge is 0.417 e. The van der Waals surface area contributed by atoms with Crippen LogP contribution in [0.25, 0.3) is 11.0 Å². The maximum absolute atomic E-state index is 12.9. The molecule has 0 radical (unpaired) electrons. The molecule has 3 aromatic rings. The molecule has 9 nitrogen and oxygen atoms in total. The maximum atomic E-state index is 12.9. The zero-order valence-corrected chi connectivity index (χ0v) is 17.6. The van der Waals surface area contributed by atoms with Gasteiger partial charge in [-0.3, -0.25) is 4.79 Å². The number of rotatable bonds is 6. The number of aromatic nitrogens is 3. The molecule has 0 aliphatic rings. The summed E-state index contributed by atoms with van der Waals surface area (Å²) >= 11 is 5.54. The number of carbonyl (C=O) groups excluding carboxylic acids is 1. The topological polar surface area (TPSA) is 106 Å².